The van der Waals surface area contributed by atoms with Gasteiger partial charge < -0.3 is 30.4 Å². The van der Waals surface area contributed by atoms with Crippen molar-refractivity contribution in [3.63, 3.8) is 0 Å². The van der Waals surface area contributed by atoms with Gasteiger partial charge >= 0.3 is 7.12 Å². The Kier molecular flexibility index (Phi) is 4.85. The number of hydrogen-bond donors (Lipinski definition) is 4. The quantitative estimate of drug-likeness (QED) is 0.457. The smallest absolute Gasteiger partial charge is 0.488 e. The number of rotatable bonds is 4. The Morgan fingerprint density at radius 2 is 2.07 bits per heavy atom. The van der Waals surface area contributed by atoms with Crippen LogP contribution in [0.25, 0.3) is 16.8 Å². The summed E-state index contributed by atoms with van der Waals surface area (Å²) in [6.45, 7) is 0. The van der Waals surface area contributed by atoms with E-state index in [1.165, 1.54) is 17.5 Å². The van der Waals surface area contributed by atoms with Crippen LogP contribution in [0.5, 0.6) is 10.8 Å². The number of nitrogens with zero attached hydrogens (tertiary/aromatic N) is 2. The Labute approximate surface area is 169 Å². The molecular formula is C18H14BN4O5S-. The molecule has 0 bridgehead atoms. The molecule has 5 N–H and O–H groups in total. The number of nitrogens with two attached hydrogens (primary N) is 1. The number of nitrogens with one attached hydrogen (secondary N) is 1. The maximum Gasteiger partial charge on any atom is 0.488 e. The average molecular weight is 409 g/mol. The van der Waals surface area contributed by atoms with Crippen LogP contribution in [-0.2, 0) is 0 Å². The summed E-state index contributed by atoms with van der Waals surface area (Å²) >= 11 is 1.31. The highest BCUT2D eigenvalue weighted by atomic mass is 32.1. The van der Waals surface area contributed by atoms with Crippen LogP contribution in [0.15, 0.2) is 54.3 Å². The number of carbonyl (C=O) groups excluding carboxylic acids is 1. The molecule has 0 aliphatic carbocycles. The van der Waals surface area contributed by atoms with E-state index in [2.05, 4.69) is 10.4 Å². The Morgan fingerprint density at radius 3 is 2.76 bits per heavy atom. The number of aromatic nitrogens is 1. The van der Waals surface area contributed by atoms with Gasteiger partial charge in [0.15, 0.2) is 6.09 Å². The number of fused-ring (bicyclic) bond motifs is 1. The SMILES string of the molecule is NC1=CN(C(=O)[O-])Nc2cc(-c3cc(B(O)O)ccc3Oc3cncs3)ccc21. The van der Waals surface area contributed by atoms with Crippen LogP contribution < -0.4 is 26.5 Å². The second-order valence-corrected chi connectivity index (χ2v) is 6.99. The second kappa shape index (κ2) is 7.47. The van der Waals surface area contributed by atoms with Crippen molar-refractivity contribution in [2.75, 3.05) is 5.43 Å². The standard InChI is InChI=1S/C18H15BN4O5S/c20-14-8-23(18(24)25)22-15-5-10(1-3-12(14)15)13-6-11(19(26)27)2-4-16(13)28-17-7-21-9-29-17/h1-9,22,26-27H,20H2,(H,24,25)/p-1. The Balaban J connectivity index is 1.80. The third kappa shape index (κ3) is 3.74. The number of carbonyl (C=O) groups is 1. The van der Waals surface area contributed by atoms with Gasteiger partial charge in [-0.2, -0.15) is 0 Å². The molecule has 1 amide bonds. The summed E-state index contributed by atoms with van der Waals surface area (Å²) in [5, 5.41) is 31.6. The minimum absolute atomic E-state index is 0.259. The summed E-state index contributed by atoms with van der Waals surface area (Å²) in [7, 11) is -1.66. The molecule has 1 aliphatic heterocycles. The lowest BCUT2D eigenvalue weighted by atomic mass is 9.79. The van der Waals surface area contributed by atoms with Crippen molar-refractivity contribution in [1.82, 2.24) is 9.99 Å². The molecule has 2 aromatic carbocycles. The molecule has 0 fully saturated rings. The highest BCUT2D eigenvalue weighted by Gasteiger charge is 2.20. The topological polar surface area (TPSA) is 144 Å². The zero-order valence-electron chi connectivity index (χ0n) is 14.8. The van der Waals surface area contributed by atoms with Gasteiger partial charge in [0.2, 0.25) is 5.06 Å². The van der Waals surface area contributed by atoms with Crippen LogP contribution in [0.4, 0.5) is 10.5 Å². The van der Waals surface area contributed by atoms with Gasteiger partial charge in [0.05, 0.1) is 29.3 Å². The van der Waals surface area contributed by atoms with E-state index in [0.717, 1.165) is 5.01 Å². The molecule has 1 aromatic heterocycles. The Hall–Kier alpha value is -3.54. The molecule has 4 rings (SSSR count). The number of hydrazine groups is 1. The highest BCUT2D eigenvalue weighted by Crippen LogP contribution is 2.37. The lowest BCUT2D eigenvalue weighted by molar-refractivity contribution is -0.260. The zero-order valence-corrected chi connectivity index (χ0v) is 15.6. The van der Waals surface area contributed by atoms with Gasteiger partial charge in [0, 0.05) is 11.1 Å². The Bertz CT molecular complexity index is 1100. The molecule has 0 radical (unpaired) electrons. The predicted molar refractivity (Wildman–Crippen MR) is 107 cm³/mol. The average Bonchev–Trinajstić information content (AvgIpc) is 3.20. The highest BCUT2D eigenvalue weighted by molar-refractivity contribution is 7.11. The van der Waals surface area contributed by atoms with Gasteiger partial charge in [-0.25, -0.2) is 9.99 Å². The van der Waals surface area contributed by atoms with Gasteiger partial charge in [0.1, 0.15) is 5.75 Å². The van der Waals surface area contributed by atoms with E-state index in [1.807, 2.05) is 0 Å². The van der Waals surface area contributed by atoms with E-state index < -0.39 is 13.2 Å². The fraction of sp³-hybridized carbons (Fsp3) is 0. The van der Waals surface area contributed by atoms with Crippen molar-refractivity contribution in [3.8, 4) is 21.9 Å². The van der Waals surface area contributed by atoms with E-state index in [4.69, 9.17) is 10.5 Å². The van der Waals surface area contributed by atoms with E-state index in [9.17, 15) is 19.9 Å². The van der Waals surface area contributed by atoms with Crippen LogP contribution in [0, 0.1) is 0 Å². The van der Waals surface area contributed by atoms with E-state index in [0.29, 0.717) is 33.2 Å². The van der Waals surface area contributed by atoms with Crippen molar-refractivity contribution in [2.24, 2.45) is 5.73 Å². The third-order valence-electron chi connectivity index (χ3n) is 4.27. The fourth-order valence-electron chi connectivity index (χ4n) is 2.91. The predicted octanol–water partition coefficient (Wildman–Crippen LogP) is 0.525. The number of amides is 1. The molecule has 3 aromatic rings. The summed E-state index contributed by atoms with van der Waals surface area (Å²) in [6.07, 6.45) is 1.34. The fourth-order valence-corrected chi connectivity index (χ4v) is 3.40. The van der Waals surface area contributed by atoms with Gasteiger partial charge in [0.25, 0.3) is 0 Å². The number of carboxylic acid groups (broad SMARTS) is 1. The van der Waals surface area contributed by atoms with Gasteiger partial charge in [-0.3, -0.25) is 5.43 Å². The molecule has 1 aliphatic rings. The first-order valence-electron chi connectivity index (χ1n) is 8.38. The summed E-state index contributed by atoms with van der Waals surface area (Å²) in [4.78, 5) is 15.2. The number of benzene rings is 2. The number of thiazole rings is 1. The largest absolute Gasteiger partial charge is 0.528 e. The molecule has 29 heavy (non-hydrogen) atoms. The van der Waals surface area contributed by atoms with Crippen LogP contribution >= 0.6 is 11.3 Å². The van der Waals surface area contributed by atoms with E-state index >= 15 is 0 Å². The monoisotopic (exact) mass is 409 g/mol. The number of ether oxygens (including phenoxy) is 1. The molecule has 11 heteroatoms. The molecule has 0 unspecified atom stereocenters. The molecule has 9 nitrogen and oxygen atoms in total. The van der Waals surface area contributed by atoms with Crippen molar-refractivity contribution in [3.05, 3.63) is 59.9 Å². The Morgan fingerprint density at radius 1 is 1.24 bits per heavy atom. The van der Waals surface area contributed by atoms with Crippen molar-refractivity contribution in [2.45, 2.75) is 0 Å². The van der Waals surface area contributed by atoms with Crippen LogP contribution in [0.3, 0.4) is 0 Å². The first-order valence-corrected chi connectivity index (χ1v) is 9.25. The van der Waals surface area contributed by atoms with Gasteiger partial charge in [-0.15, -0.1) is 0 Å². The minimum atomic E-state index is -1.66. The summed E-state index contributed by atoms with van der Waals surface area (Å²) in [5.74, 6) is 0.467. The van der Waals surface area contributed by atoms with Gasteiger partial charge in [-0.05, 0) is 23.2 Å². The first-order chi connectivity index (χ1) is 13.9. The summed E-state index contributed by atoms with van der Waals surface area (Å²) < 4.78 is 5.88. The van der Waals surface area contributed by atoms with Gasteiger partial charge in [-0.1, -0.05) is 35.6 Å². The molecule has 0 saturated heterocycles. The first kappa shape index (κ1) is 18.8. The van der Waals surface area contributed by atoms with E-state index in [1.54, 1.807) is 48.1 Å². The molecule has 0 spiro atoms. The maximum absolute atomic E-state index is 11.2. The number of hydrogen-bond acceptors (Lipinski definition) is 9. The van der Waals surface area contributed by atoms with Crippen molar-refractivity contribution >= 4 is 41.4 Å². The zero-order chi connectivity index (χ0) is 20.5. The molecule has 2 heterocycles. The lowest BCUT2D eigenvalue weighted by Crippen LogP contribution is -2.43. The van der Waals surface area contributed by atoms with Crippen LogP contribution in [-0.4, -0.2) is 33.3 Å². The van der Waals surface area contributed by atoms with Crippen LogP contribution in [0.1, 0.15) is 5.56 Å². The summed E-state index contributed by atoms with van der Waals surface area (Å²) in [5.41, 5.74) is 13.1. The molecular weight excluding hydrogens is 395 g/mol. The number of anilines is 1. The summed E-state index contributed by atoms with van der Waals surface area (Å²) in [6, 6.07) is 9.94. The maximum atomic E-state index is 11.2. The molecule has 146 valence electrons. The lowest BCUT2D eigenvalue weighted by Gasteiger charge is -2.29. The third-order valence-corrected chi connectivity index (χ3v) is 4.92. The normalized spacial score (nSPS) is 12.6. The minimum Gasteiger partial charge on any atom is -0.528 e. The molecule has 0 atom stereocenters. The van der Waals surface area contributed by atoms with E-state index in [-0.39, 0.29) is 11.2 Å². The van der Waals surface area contributed by atoms with Crippen LogP contribution in [0.2, 0.25) is 0 Å². The van der Waals surface area contributed by atoms with Crippen molar-refractivity contribution in [1.29, 1.82) is 0 Å². The molecule has 0 saturated carbocycles. The second-order valence-electron chi connectivity index (χ2n) is 6.14. The van der Waals surface area contributed by atoms with Crippen molar-refractivity contribution < 1.29 is 24.7 Å².